The van der Waals surface area contributed by atoms with Crippen molar-refractivity contribution in [3.8, 4) is 11.8 Å². The molecule has 0 amide bonds. The van der Waals surface area contributed by atoms with E-state index in [4.69, 9.17) is 11.0 Å². The third-order valence-corrected chi connectivity index (χ3v) is 3.23. The van der Waals surface area contributed by atoms with Crippen LogP contribution in [0, 0.1) is 11.3 Å². The molecule has 1 aliphatic heterocycles. The van der Waals surface area contributed by atoms with Crippen LogP contribution in [0.5, 0.6) is 0 Å². The largest absolute Gasteiger partial charge is 0.368 e. The highest BCUT2D eigenvalue weighted by Crippen LogP contribution is 2.20. The van der Waals surface area contributed by atoms with E-state index in [2.05, 4.69) is 21.1 Å². The Morgan fingerprint density at radius 1 is 1.26 bits per heavy atom. The predicted octanol–water partition coefficient (Wildman–Crippen LogP) is 1.32. The van der Waals surface area contributed by atoms with Crippen molar-refractivity contribution in [3.63, 3.8) is 0 Å². The Bertz CT molecular complexity index is 633. The summed E-state index contributed by atoms with van der Waals surface area (Å²) in [5.41, 5.74) is 7.25. The van der Waals surface area contributed by atoms with Gasteiger partial charge in [0.05, 0.1) is 17.3 Å². The second kappa shape index (κ2) is 4.61. The lowest BCUT2D eigenvalue weighted by molar-refractivity contribution is 0.847. The van der Waals surface area contributed by atoms with Gasteiger partial charge in [0.2, 0.25) is 11.9 Å². The molecule has 0 aliphatic carbocycles. The monoisotopic (exact) mass is 254 g/mol. The molecular formula is C13H14N6. The highest BCUT2D eigenvalue weighted by atomic mass is 15.5. The van der Waals surface area contributed by atoms with Crippen LogP contribution in [0.25, 0.3) is 5.69 Å². The van der Waals surface area contributed by atoms with Crippen molar-refractivity contribution in [2.45, 2.75) is 12.8 Å². The van der Waals surface area contributed by atoms with Crippen LogP contribution in [0.2, 0.25) is 0 Å². The zero-order valence-corrected chi connectivity index (χ0v) is 10.5. The molecule has 1 saturated heterocycles. The number of nitrogens with two attached hydrogens (primary N) is 1. The van der Waals surface area contributed by atoms with Crippen molar-refractivity contribution in [1.29, 1.82) is 5.26 Å². The zero-order valence-electron chi connectivity index (χ0n) is 10.5. The van der Waals surface area contributed by atoms with E-state index in [-0.39, 0.29) is 0 Å². The van der Waals surface area contributed by atoms with Crippen molar-refractivity contribution in [1.82, 2.24) is 14.8 Å². The summed E-state index contributed by atoms with van der Waals surface area (Å²) in [6.07, 6.45) is 2.33. The number of aromatic nitrogens is 3. The van der Waals surface area contributed by atoms with Gasteiger partial charge in [-0.2, -0.15) is 14.9 Å². The molecule has 1 fully saturated rings. The summed E-state index contributed by atoms with van der Waals surface area (Å²) in [7, 11) is 0. The van der Waals surface area contributed by atoms with Crippen molar-refractivity contribution in [2.24, 2.45) is 0 Å². The number of hydrogen-bond donors (Lipinski definition) is 1. The van der Waals surface area contributed by atoms with Crippen LogP contribution >= 0.6 is 0 Å². The number of hydrogen-bond acceptors (Lipinski definition) is 5. The molecule has 19 heavy (non-hydrogen) atoms. The van der Waals surface area contributed by atoms with Gasteiger partial charge in [0.25, 0.3) is 0 Å². The fourth-order valence-electron chi connectivity index (χ4n) is 2.26. The second-order valence-corrected chi connectivity index (χ2v) is 4.54. The van der Waals surface area contributed by atoms with E-state index in [0.29, 0.717) is 17.5 Å². The molecule has 96 valence electrons. The summed E-state index contributed by atoms with van der Waals surface area (Å²) < 4.78 is 1.58. The van der Waals surface area contributed by atoms with Crippen LogP contribution in [0.1, 0.15) is 18.4 Å². The number of benzene rings is 1. The smallest absolute Gasteiger partial charge is 0.246 e. The van der Waals surface area contributed by atoms with Gasteiger partial charge in [-0.05, 0) is 31.0 Å². The molecular weight excluding hydrogens is 240 g/mol. The van der Waals surface area contributed by atoms with Gasteiger partial charge in [-0.25, -0.2) is 0 Å². The molecule has 2 N–H and O–H groups in total. The maximum atomic E-state index is 8.92. The van der Waals surface area contributed by atoms with Gasteiger partial charge in [0.15, 0.2) is 0 Å². The van der Waals surface area contributed by atoms with E-state index in [9.17, 15) is 0 Å². The van der Waals surface area contributed by atoms with Gasteiger partial charge in [-0.1, -0.05) is 6.07 Å². The van der Waals surface area contributed by atoms with Crippen LogP contribution in [0.15, 0.2) is 24.3 Å². The third-order valence-electron chi connectivity index (χ3n) is 3.23. The lowest BCUT2D eigenvalue weighted by Crippen LogP contribution is -2.19. The van der Waals surface area contributed by atoms with Crippen LogP contribution in [-0.2, 0) is 0 Å². The third kappa shape index (κ3) is 2.10. The molecule has 0 saturated carbocycles. The van der Waals surface area contributed by atoms with Crippen LogP contribution in [-0.4, -0.2) is 27.9 Å². The Morgan fingerprint density at radius 3 is 2.79 bits per heavy atom. The van der Waals surface area contributed by atoms with Crippen molar-refractivity contribution in [3.05, 3.63) is 29.8 Å². The van der Waals surface area contributed by atoms with E-state index in [1.165, 1.54) is 12.8 Å². The van der Waals surface area contributed by atoms with Gasteiger partial charge in [-0.3, -0.25) is 0 Å². The Labute approximate surface area is 111 Å². The average molecular weight is 254 g/mol. The molecule has 2 aromatic rings. The number of anilines is 2. The highest BCUT2D eigenvalue weighted by Gasteiger charge is 2.18. The number of rotatable bonds is 2. The minimum atomic E-state index is 0.344. The normalized spacial score (nSPS) is 14.6. The molecule has 2 heterocycles. The number of nitrogen functional groups attached to an aromatic ring is 1. The summed E-state index contributed by atoms with van der Waals surface area (Å²) in [6.45, 7) is 1.95. The molecule has 0 radical (unpaired) electrons. The van der Waals surface area contributed by atoms with Crippen LogP contribution in [0.3, 0.4) is 0 Å². The fraction of sp³-hybridized carbons (Fsp3) is 0.308. The Balaban J connectivity index is 1.98. The van der Waals surface area contributed by atoms with E-state index in [1.807, 2.05) is 12.1 Å². The Hall–Kier alpha value is -2.55. The van der Waals surface area contributed by atoms with Crippen molar-refractivity contribution in [2.75, 3.05) is 23.7 Å². The first-order valence-electron chi connectivity index (χ1n) is 6.26. The van der Waals surface area contributed by atoms with Gasteiger partial charge in [0.1, 0.15) is 0 Å². The predicted molar refractivity (Wildman–Crippen MR) is 71.9 cm³/mol. The van der Waals surface area contributed by atoms with Crippen molar-refractivity contribution < 1.29 is 0 Å². The summed E-state index contributed by atoms with van der Waals surface area (Å²) in [5, 5.41) is 13.4. The van der Waals surface area contributed by atoms with E-state index >= 15 is 0 Å². The quantitative estimate of drug-likeness (QED) is 0.873. The van der Waals surface area contributed by atoms with Crippen molar-refractivity contribution >= 4 is 11.9 Å². The molecule has 1 aromatic heterocycles. The first kappa shape index (κ1) is 11.5. The SMILES string of the molecule is N#Cc1cccc(-n2nc(N3CCCC3)nc2N)c1. The first-order valence-corrected chi connectivity index (χ1v) is 6.26. The highest BCUT2D eigenvalue weighted by molar-refractivity contribution is 5.46. The molecule has 1 aliphatic rings. The number of nitriles is 1. The topological polar surface area (TPSA) is 83.8 Å². The number of nitrogens with zero attached hydrogens (tertiary/aromatic N) is 5. The van der Waals surface area contributed by atoms with E-state index < -0.39 is 0 Å². The Morgan fingerprint density at radius 2 is 2.05 bits per heavy atom. The molecule has 3 rings (SSSR count). The van der Waals surface area contributed by atoms with Crippen LogP contribution in [0.4, 0.5) is 11.9 Å². The summed E-state index contributed by atoms with van der Waals surface area (Å²) >= 11 is 0. The van der Waals surface area contributed by atoms with E-state index in [1.54, 1.807) is 16.8 Å². The Kier molecular flexibility index (Phi) is 2.80. The lowest BCUT2D eigenvalue weighted by Gasteiger charge is -2.10. The average Bonchev–Trinajstić information content (AvgIpc) is 3.07. The molecule has 1 aromatic carbocycles. The maximum Gasteiger partial charge on any atom is 0.246 e. The van der Waals surface area contributed by atoms with Gasteiger partial charge in [0, 0.05) is 13.1 Å². The molecule has 6 nitrogen and oxygen atoms in total. The zero-order chi connectivity index (χ0) is 13.2. The van der Waals surface area contributed by atoms with Gasteiger partial charge >= 0.3 is 0 Å². The molecule has 0 atom stereocenters. The molecule has 0 bridgehead atoms. The minimum absolute atomic E-state index is 0.344. The van der Waals surface area contributed by atoms with Gasteiger partial charge in [-0.15, -0.1) is 5.10 Å². The van der Waals surface area contributed by atoms with Gasteiger partial charge < -0.3 is 10.6 Å². The molecule has 0 spiro atoms. The van der Waals surface area contributed by atoms with Crippen LogP contribution < -0.4 is 10.6 Å². The molecule has 6 heteroatoms. The van der Waals surface area contributed by atoms with E-state index in [0.717, 1.165) is 18.8 Å². The second-order valence-electron chi connectivity index (χ2n) is 4.54. The standard InChI is InChI=1S/C13H14N6/c14-9-10-4-3-5-11(8-10)19-12(15)16-13(17-19)18-6-1-2-7-18/h3-5,8H,1-2,6-7H2,(H2,15,16,17). The first-order chi connectivity index (χ1) is 9.28. The molecule has 0 unspecified atom stereocenters. The summed E-state index contributed by atoms with van der Waals surface area (Å²) in [5.74, 6) is 1.01. The minimum Gasteiger partial charge on any atom is -0.368 e. The summed E-state index contributed by atoms with van der Waals surface area (Å²) in [6, 6.07) is 9.27. The maximum absolute atomic E-state index is 8.92. The fourth-order valence-corrected chi connectivity index (χ4v) is 2.26. The summed E-state index contributed by atoms with van der Waals surface area (Å²) in [4.78, 5) is 6.42. The lowest BCUT2D eigenvalue weighted by atomic mass is 10.2.